The molecule has 0 heterocycles. The van der Waals surface area contributed by atoms with Crippen molar-refractivity contribution >= 4 is 21.8 Å². The maximum absolute atomic E-state index is 13.0. The van der Waals surface area contributed by atoms with Crippen LogP contribution in [0.25, 0.3) is 0 Å². The molecule has 0 aliphatic heterocycles. The maximum Gasteiger partial charge on any atom is 0.224 e. The molecule has 4 heteroatoms. The van der Waals surface area contributed by atoms with Crippen molar-refractivity contribution in [2.24, 2.45) is 0 Å². The number of halogens is 2. The van der Waals surface area contributed by atoms with Crippen molar-refractivity contribution in [2.75, 3.05) is 6.54 Å². The molecule has 0 atom stereocenters. The molecule has 2 rings (SSSR count). The van der Waals surface area contributed by atoms with E-state index in [0.717, 1.165) is 15.6 Å². The summed E-state index contributed by atoms with van der Waals surface area (Å²) in [5, 5.41) is 2.84. The monoisotopic (exact) mass is 335 g/mol. The molecule has 2 nitrogen and oxygen atoms in total. The standard InChI is InChI=1S/C16H15BrFNO/c17-14-5-1-4-13(9-14)11-16(20)19-8-7-12-3-2-6-15(18)10-12/h1-6,9-10H,7-8,11H2,(H,19,20). The fourth-order valence-electron chi connectivity index (χ4n) is 1.93. The highest BCUT2D eigenvalue weighted by Gasteiger charge is 2.03. The quantitative estimate of drug-likeness (QED) is 0.890. The molecule has 104 valence electrons. The highest BCUT2D eigenvalue weighted by atomic mass is 79.9. The van der Waals surface area contributed by atoms with Gasteiger partial charge in [-0.2, -0.15) is 0 Å². The Morgan fingerprint density at radius 3 is 2.60 bits per heavy atom. The number of amides is 1. The van der Waals surface area contributed by atoms with Crippen LogP contribution in [0.3, 0.4) is 0 Å². The predicted molar refractivity (Wildman–Crippen MR) is 81.0 cm³/mol. The lowest BCUT2D eigenvalue weighted by molar-refractivity contribution is -0.120. The lowest BCUT2D eigenvalue weighted by atomic mass is 10.1. The third-order valence-electron chi connectivity index (χ3n) is 2.88. The third-order valence-corrected chi connectivity index (χ3v) is 3.37. The zero-order valence-electron chi connectivity index (χ0n) is 10.9. The topological polar surface area (TPSA) is 29.1 Å². The minimum atomic E-state index is -0.247. The Morgan fingerprint density at radius 1 is 1.10 bits per heavy atom. The first-order chi connectivity index (χ1) is 9.63. The number of rotatable bonds is 5. The van der Waals surface area contributed by atoms with Crippen molar-refractivity contribution < 1.29 is 9.18 Å². The number of hydrogen-bond donors (Lipinski definition) is 1. The van der Waals surface area contributed by atoms with Gasteiger partial charge in [-0.1, -0.05) is 40.2 Å². The van der Waals surface area contributed by atoms with Gasteiger partial charge in [0, 0.05) is 11.0 Å². The number of hydrogen-bond acceptors (Lipinski definition) is 1. The summed E-state index contributed by atoms with van der Waals surface area (Å²) in [6.07, 6.45) is 0.977. The van der Waals surface area contributed by atoms with E-state index in [0.29, 0.717) is 19.4 Å². The minimum Gasteiger partial charge on any atom is -0.355 e. The normalized spacial score (nSPS) is 10.3. The van der Waals surface area contributed by atoms with Crippen molar-refractivity contribution in [2.45, 2.75) is 12.8 Å². The summed E-state index contributed by atoms with van der Waals surface area (Å²) in [7, 11) is 0. The van der Waals surface area contributed by atoms with Gasteiger partial charge in [0.15, 0.2) is 0 Å². The zero-order chi connectivity index (χ0) is 14.4. The third kappa shape index (κ3) is 4.78. The second-order valence-electron chi connectivity index (χ2n) is 4.54. The Kier molecular flexibility index (Phi) is 5.30. The number of nitrogens with one attached hydrogen (secondary N) is 1. The molecule has 0 unspecified atom stereocenters. The molecule has 0 saturated carbocycles. The highest BCUT2D eigenvalue weighted by Crippen LogP contribution is 2.12. The summed E-state index contributed by atoms with van der Waals surface area (Å²) in [6, 6.07) is 14.1. The van der Waals surface area contributed by atoms with Gasteiger partial charge in [0.25, 0.3) is 0 Å². The Hall–Kier alpha value is -1.68. The molecule has 2 aromatic carbocycles. The molecule has 0 radical (unpaired) electrons. The Morgan fingerprint density at radius 2 is 1.85 bits per heavy atom. The van der Waals surface area contributed by atoms with E-state index in [2.05, 4.69) is 21.2 Å². The molecule has 0 fully saturated rings. The summed E-state index contributed by atoms with van der Waals surface area (Å²) >= 11 is 3.37. The van der Waals surface area contributed by atoms with Gasteiger partial charge in [-0.05, 0) is 41.8 Å². The van der Waals surface area contributed by atoms with Crippen LogP contribution in [0.1, 0.15) is 11.1 Å². The molecule has 0 aliphatic carbocycles. The van der Waals surface area contributed by atoms with Crippen LogP contribution in [0, 0.1) is 5.82 Å². The van der Waals surface area contributed by atoms with Gasteiger partial charge in [0.05, 0.1) is 6.42 Å². The highest BCUT2D eigenvalue weighted by molar-refractivity contribution is 9.10. The summed E-state index contributed by atoms with van der Waals surface area (Å²) in [5.41, 5.74) is 1.84. The maximum atomic E-state index is 13.0. The fraction of sp³-hybridized carbons (Fsp3) is 0.188. The summed E-state index contributed by atoms with van der Waals surface area (Å²) in [5.74, 6) is -0.275. The van der Waals surface area contributed by atoms with Gasteiger partial charge >= 0.3 is 0 Å². The zero-order valence-corrected chi connectivity index (χ0v) is 12.5. The second kappa shape index (κ2) is 7.20. The van der Waals surface area contributed by atoms with Gasteiger partial charge < -0.3 is 5.32 Å². The van der Waals surface area contributed by atoms with Crippen LogP contribution in [0.15, 0.2) is 53.0 Å². The summed E-state index contributed by atoms with van der Waals surface area (Å²) in [4.78, 5) is 11.8. The lowest BCUT2D eigenvalue weighted by Gasteiger charge is -2.06. The van der Waals surface area contributed by atoms with Crippen LogP contribution in [-0.4, -0.2) is 12.5 Å². The molecule has 0 bridgehead atoms. The van der Waals surface area contributed by atoms with Crippen LogP contribution in [0.5, 0.6) is 0 Å². The van der Waals surface area contributed by atoms with E-state index in [-0.39, 0.29) is 11.7 Å². The molecule has 0 aromatic heterocycles. The van der Waals surface area contributed by atoms with Gasteiger partial charge in [0.1, 0.15) is 5.82 Å². The first kappa shape index (κ1) is 14.7. The average molecular weight is 336 g/mol. The van der Waals surface area contributed by atoms with Crippen LogP contribution in [0.2, 0.25) is 0 Å². The van der Waals surface area contributed by atoms with Gasteiger partial charge in [-0.25, -0.2) is 4.39 Å². The second-order valence-corrected chi connectivity index (χ2v) is 5.45. The lowest BCUT2D eigenvalue weighted by Crippen LogP contribution is -2.27. The van der Waals surface area contributed by atoms with Crippen molar-refractivity contribution in [3.05, 3.63) is 69.9 Å². The fourth-order valence-corrected chi connectivity index (χ4v) is 2.38. The van der Waals surface area contributed by atoms with E-state index >= 15 is 0 Å². The summed E-state index contributed by atoms with van der Waals surface area (Å²) in [6.45, 7) is 0.510. The van der Waals surface area contributed by atoms with E-state index in [1.54, 1.807) is 6.07 Å². The SMILES string of the molecule is O=C(Cc1cccc(Br)c1)NCCc1cccc(F)c1. The van der Waals surface area contributed by atoms with Gasteiger partial charge in [-0.15, -0.1) is 0 Å². The minimum absolute atomic E-state index is 0.0282. The molecule has 0 saturated heterocycles. The first-order valence-electron chi connectivity index (χ1n) is 6.39. The van der Waals surface area contributed by atoms with Crippen molar-refractivity contribution in [3.8, 4) is 0 Å². The van der Waals surface area contributed by atoms with Gasteiger partial charge in [0.2, 0.25) is 5.91 Å². The number of benzene rings is 2. The van der Waals surface area contributed by atoms with Crippen LogP contribution in [-0.2, 0) is 17.6 Å². The van der Waals surface area contributed by atoms with Crippen molar-refractivity contribution in [1.29, 1.82) is 0 Å². The number of carbonyl (C=O) groups excluding carboxylic acids is 1. The Balaban J connectivity index is 1.78. The van der Waals surface area contributed by atoms with Crippen molar-refractivity contribution in [3.63, 3.8) is 0 Å². The van der Waals surface area contributed by atoms with E-state index in [4.69, 9.17) is 0 Å². The van der Waals surface area contributed by atoms with E-state index < -0.39 is 0 Å². The van der Waals surface area contributed by atoms with E-state index in [1.807, 2.05) is 30.3 Å². The summed E-state index contributed by atoms with van der Waals surface area (Å²) < 4.78 is 13.9. The molecule has 0 spiro atoms. The van der Waals surface area contributed by atoms with Crippen LogP contribution < -0.4 is 5.32 Å². The molecular formula is C16H15BrFNO. The smallest absolute Gasteiger partial charge is 0.224 e. The largest absolute Gasteiger partial charge is 0.355 e. The average Bonchev–Trinajstić information content (AvgIpc) is 2.38. The van der Waals surface area contributed by atoms with Crippen LogP contribution in [0.4, 0.5) is 4.39 Å². The van der Waals surface area contributed by atoms with E-state index in [1.165, 1.54) is 12.1 Å². The molecule has 1 N–H and O–H groups in total. The van der Waals surface area contributed by atoms with Crippen molar-refractivity contribution in [1.82, 2.24) is 5.32 Å². The number of carbonyl (C=O) groups is 1. The predicted octanol–water partition coefficient (Wildman–Crippen LogP) is 3.49. The Labute approximate surface area is 126 Å². The van der Waals surface area contributed by atoms with Gasteiger partial charge in [-0.3, -0.25) is 4.79 Å². The molecule has 0 aliphatic rings. The molecule has 20 heavy (non-hydrogen) atoms. The first-order valence-corrected chi connectivity index (χ1v) is 7.18. The molecule has 1 amide bonds. The van der Waals surface area contributed by atoms with E-state index in [9.17, 15) is 9.18 Å². The molecule has 2 aromatic rings. The molecular weight excluding hydrogens is 321 g/mol. The Bertz CT molecular complexity index is 601. The van der Waals surface area contributed by atoms with Crippen LogP contribution >= 0.6 is 15.9 Å².